The van der Waals surface area contributed by atoms with E-state index in [1.807, 2.05) is 43.2 Å². The number of Topliss-reactive ketones (excluding diaryl/α,β-unsaturated/α-hetero) is 3. The number of para-hydroxylation sites is 1. The number of carbonyl (C=O) groups is 6. The number of aryl methyl sites for hydroxylation is 4. The van der Waals surface area contributed by atoms with Crippen molar-refractivity contribution in [2.24, 2.45) is 11.3 Å². The number of nitrogens with one attached hydrogen (secondary N) is 4. The van der Waals surface area contributed by atoms with Crippen molar-refractivity contribution in [2.45, 2.75) is 220 Å². The number of aliphatic hydroxyl groups is 6. The van der Waals surface area contributed by atoms with Crippen molar-refractivity contribution in [3.63, 3.8) is 0 Å². The lowest BCUT2D eigenvalue weighted by Crippen LogP contribution is -2.81. The molecule has 1 saturated carbocycles. The van der Waals surface area contributed by atoms with E-state index in [9.17, 15) is 64.5 Å². The molecule has 4 unspecified atom stereocenters. The number of benzene rings is 3. The summed E-state index contributed by atoms with van der Waals surface area (Å²) >= 11 is 0. The van der Waals surface area contributed by atoms with Gasteiger partial charge >= 0.3 is 12.1 Å². The van der Waals surface area contributed by atoms with Crippen LogP contribution >= 0.6 is 21.6 Å². The number of aliphatic carboxylic acids is 1. The SMILES string of the molecule is CC[C@]1(O)C[C@H]2CN(CCc3c([nH]c4ccccc34)[C@@](C)(c3cc4c(cc3OC)N(C)[C@H]3[C@@](O)(C(=O)CNC(=O)OCCSSCCCC(=O)[C@H](Cc5cn(CCC[C@@H]6OC(C(=O)O)C(O)[C@H](O)C6O)nn5)NC(=O)CCCCC(=O)c5ccc(CCc6cnc7nc(C)[nH]c(=O)c7n6)cc5)[C@H](O)[C@]5(CC)C=CCN6CC[C@]43[C@@H]65)C2)C1. The maximum absolute atomic E-state index is 15.4. The molecule has 11 N–H and O–H groups in total. The van der Waals surface area contributed by atoms with Gasteiger partial charge in [-0.3, -0.25) is 38.5 Å². The monoisotopic (exact) mass is 1630 g/mol. The van der Waals surface area contributed by atoms with Gasteiger partial charge in [0.25, 0.3) is 5.56 Å². The number of unbranched alkanes of at least 4 members (excludes halogenated alkanes) is 1. The summed E-state index contributed by atoms with van der Waals surface area (Å²) in [5.41, 5.74) is 2.75. The first-order valence-electron chi connectivity index (χ1n) is 40.6. The van der Waals surface area contributed by atoms with Crippen LogP contribution in [0.2, 0.25) is 0 Å². The van der Waals surface area contributed by atoms with Crippen molar-refractivity contribution in [2.75, 3.05) is 76.4 Å². The molecule has 116 heavy (non-hydrogen) atoms. The number of amides is 2. The van der Waals surface area contributed by atoms with Gasteiger partial charge < -0.3 is 75.5 Å². The smallest absolute Gasteiger partial charge is 0.407 e. The van der Waals surface area contributed by atoms with Gasteiger partial charge in [-0.2, -0.15) is 0 Å². The van der Waals surface area contributed by atoms with Gasteiger partial charge in [0, 0.05) is 145 Å². The third-order valence-corrected chi connectivity index (χ3v) is 28.2. The van der Waals surface area contributed by atoms with E-state index in [1.165, 1.54) is 31.8 Å². The molecule has 3 aromatic carbocycles. The number of aromatic nitrogens is 8. The Morgan fingerprint density at radius 1 is 0.853 bits per heavy atom. The van der Waals surface area contributed by atoms with Crippen LogP contribution in [0.25, 0.3) is 22.1 Å². The maximum atomic E-state index is 15.4. The number of rotatable bonds is 33. The van der Waals surface area contributed by atoms with Crippen molar-refractivity contribution in [1.29, 1.82) is 0 Å². The van der Waals surface area contributed by atoms with E-state index in [-0.39, 0.29) is 85.5 Å². The molecule has 7 aromatic rings. The van der Waals surface area contributed by atoms with E-state index < -0.39 is 106 Å². The van der Waals surface area contributed by atoms with Crippen LogP contribution in [0.4, 0.5) is 10.5 Å². The number of ketones is 3. The fraction of sp³-hybridized carbons (Fsp3) is 0.571. The number of fused-ring (bicyclic) bond motifs is 7. The number of nitrogens with zero attached hydrogens (tertiary/aromatic N) is 9. The number of carboxylic acids is 1. The molecule has 14 rings (SSSR count). The molecule has 1 aliphatic carbocycles. The molecular formula is C84H107N13O17S2. The molecule has 16 atom stereocenters. The van der Waals surface area contributed by atoms with Crippen molar-refractivity contribution in [3.8, 4) is 5.75 Å². The minimum atomic E-state index is -2.42. The van der Waals surface area contributed by atoms with Crippen LogP contribution < -0.4 is 25.8 Å². The topological polar surface area (TPSA) is 424 Å². The minimum Gasteiger partial charge on any atom is -0.496 e. The average molecular weight is 1630 g/mol. The first kappa shape index (κ1) is 83.9. The van der Waals surface area contributed by atoms with E-state index in [0.717, 1.165) is 58.5 Å². The Morgan fingerprint density at radius 2 is 1.64 bits per heavy atom. The number of carbonyl (C=O) groups excluding carboxylic acids is 5. The molecule has 7 aliphatic rings. The summed E-state index contributed by atoms with van der Waals surface area (Å²) in [6, 6.07) is 17.7. The first-order valence-corrected chi connectivity index (χ1v) is 43.1. The molecule has 1 spiro atoms. The molecular weight excluding hydrogens is 1530 g/mol. The fourth-order valence-electron chi connectivity index (χ4n) is 20.2. The number of aliphatic hydroxyl groups excluding tert-OH is 4. The van der Waals surface area contributed by atoms with Gasteiger partial charge in [0.15, 0.2) is 40.2 Å². The van der Waals surface area contributed by atoms with E-state index >= 15 is 4.79 Å². The van der Waals surface area contributed by atoms with Gasteiger partial charge in [-0.15, -0.1) is 5.10 Å². The highest BCUT2D eigenvalue weighted by molar-refractivity contribution is 8.76. The number of hydrogen-bond acceptors (Lipinski definition) is 26. The standard InChI is InChI=1S/C84H107N13O17S2/c1-7-81(110)42-50-41-80(4,72-55(28-33-95(45-50)47-81)54-16-9-10-17-58(54)91-72)57-39-56-60(40-64(57)112-6)94(5)77-83(56)30-34-96-31-15-29-82(8-2,76(83)96)78(108)84(77,111)65(100)44-86-79(109)113-35-37-116-115-36-14-19-62(99)59(38-53-46-97(93-92-53)32-13-20-63-68(102)69(103)70(104)71(114-63)75(106)107)90-66(101)21-12-11-18-61(98)51-25-22-49(23-26-51)24-27-52-43-85-73-67(89-52)74(105)88-48(3)87-73/h9-10,15-17,22-23,25-26,29,39-40,43,46,50,59,63,68-71,76-78,91,102-104,108,110-111H,7-8,11-14,18-21,24,27-28,30-38,41-42,44-45,47H2,1-6H3,(H,86,109)(H,90,101)(H,106,107)(H,85,87,88,105)/t50-,59-,63-,68?,69+,70?,71?,76-,77+,78+,80+,81-,82+,83+,84-/m0/s1. The second kappa shape index (κ2) is 34.8. The van der Waals surface area contributed by atoms with Gasteiger partial charge in [0.2, 0.25) is 5.91 Å². The second-order valence-corrected chi connectivity index (χ2v) is 35.7. The van der Waals surface area contributed by atoms with Gasteiger partial charge in [-0.05, 0) is 139 Å². The van der Waals surface area contributed by atoms with Crippen LogP contribution in [-0.2, 0) is 71.7 Å². The lowest BCUT2D eigenvalue weighted by atomic mass is 9.47. The van der Waals surface area contributed by atoms with Crippen molar-refractivity contribution >= 4 is 84.7 Å². The number of piperidine rings is 1. The zero-order chi connectivity index (χ0) is 82.2. The average Bonchev–Trinajstić information content (AvgIpc) is 1.47. The lowest BCUT2D eigenvalue weighted by Gasteiger charge is -2.63. The lowest BCUT2D eigenvalue weighted by molar-refractivity contribution is -0.228. The Bertz CT molecular complexity index is 4910. The molecule has 2 amide bonds. The molecule has 4 fully saturated rings. The third kappa shape index (κ3) is 16.3. The van der Waals surface area contributed by atoms with Crippen LogP contribution in [0, 0.1) is 18.3 Å². The van der Waals surface area contributed by atoms with E-state index in [4.69, 9.17) is 14.2 Å². The minimum absolute atomic E-state index is 0.00664. The van der Waals surface area contributed by atoms with Crippen LogP contribution in [0.3, 0.4) is 0 Å². The quantitative estimate of drug-likeness (QED) is 0.0101. The highest BCUT2D eigenvalue weighted by atomic mass is 33.1. The number of ether oxygens (including phenoxy) is 3. The largest absolute Gasteiger partial charge is 0.496 e. The van der Waals surface area contributed by atoms with Gasteiger partial charge in [0.1, 0.15) is 42.6 Å². The normalized spacial score (nSPS) is 28.8. The molecule has 30 nitrogen and oxygen atoms in total. The van der Waals surface area contributed by atoms with Crippen LogP contribution in [0.5, 0.6) is 5.75 Å². The van der Waals surface area contributed by atoms with Crippen molar-refractivity contribution < 1.29 is 78.7 Å². The Kier molecular flexibility index (Phi) is 25.2. The zero-order valence-corrected chi connectivity index (χ0v) is 68.1. The summed E-state index contributed by atoms with van der Waals surface area (Å²) in [5, 5.41) is 94.6. The van der Waals surface area contributed by atoms with Gasteiger partial charge in [-0.1, -0.05) is 95.3 Å². The molecule has 0 radical (unpaired) electrons. The fourth-order valence-corrected chi connectivity index (χ4v) is 22.1. The summed E-state index contributed by atoms with van der Waals surface area (Å²) in [6.07, 6.45) is 3.59. The van der Waals surface area contributed by atoms with Gasteiger partial charge in [-0.25, -0.2) is 24.5 Å². The Morgan fingerprint density at radius 3 is 2.41 bits per heavy atom. The number of likely N-dealkylation sites (N-methyl/N-ethyl adjacent to an activating group) is 1. The predicted molar refractivity (Wildman–Crippen MR) is 435 cm³/mol. The molecule has 3 saturated heterocycles. The van der Waals surface area contributed by atoms with Crippen LogP contribution in [0.1, 0.15) is 160 Å². The summed E-state index contributed by atoms with van der Waals surface area (Å²) in [5.74, 6) is -0.920. The molecule has 6 aliphatic heterocycles. The number of methoxy groups -OCH3 is 1. The molecule has 4 aromatic heterocycles. The molecule has 10 heterocycles. The predicted octanol–water partition coefficient (Wildman–Crippen LogP) is 5.72. The summed E-state index contributed by atoms with van der Waals surface area (Å²) in [4.78, 5) is 121. The maximum Gasteiger partial charge on any atom is 0.407 e. The number of aromatic amines is 2. The molecule has 2 bridgehead atoms. The van der Waals surface area contributed by atoms with E-state index in [2.05, 4.69) is 106 Å². The van der Waals surface area contributed by atoms with Crippen molar-refractivity contribution in [3.05, 3.63) is 146 Å². The number of carboxylic acid groups (broad SMARTS) is 1. The summed E-state index contributed by atoms with van der Waals surface area (Å²) < 4.78 is 19.0. The first-order chi connectivity index (χ1) is 55.6. The second-order valence-electron chi connectivity index (χ2n) is 33.0. The summed E-state index contributed by atoms with van der Waals surface area (Å²) in [7, 11) is 6.43. The number of alkyl carbamates (subject to hydrolysis) is 1. The number of anilines is 1. The summed E-state index contributed by atoms with van der Waals surface area (Å²) in [6.45, 7) is 11.1. The highest BCUT2D eigenvalue weighted by Crippen LogP contribution is 2.68. The van der Waals surface area contributed by atoms with Crippen LogP contribution in [0.15, 0.2) is 90.0 Å². The Balaban J connectivity index is 0.585. The highest BCUT2D eigenvalue weighted by Gasteiger charge is 2.78. The Hall–Kier alpha value is -8.54. The van der Waals surface area contributed by atoms with E-state index in [1.54, 1.807) is 38.6 Å². The zero-order valence-electron chi connectivity index (χ0n) is 66.5. The van der Waals surface area contributed by atoms with Crippen molar-refractivity contribution in [1.82, 2.24) is 60.3 Å². The molecule has 622 valence electrons. The van der Waals surface area contributed by atoms with Gasteiger partial charge in [0.05, 0.1) is 55.0 Å². The third-order valence-electron chi connectivity index (χ3n) is 25.8. The number of hydrogen-bond donors (Lipinski definition) is 11. The number of H-pyrrole nitrogens is 2. The van der Waals surface area contributed by atoms with E-state index in [0.29, 0.717) is 130 Å². The Labute approximate surface area is 680 Å². The van der Waals surface area contributed by atoms with Crippen LogP contribution in [-0.4, -0.2) is 258 Å². The molecule has 32 heteroatoms.